The van der Waals surface area contributed by atoms with Crippen molar-refractivity contribution in [2.75, 3.05) is 0 Å². The molecule has 0 aliphatic carbocycles. The Balaban J connectivity index is 2.42. The Labute approximate surface area is 113 Å². The molecule has 2 rings (SSSR count). The second kappa shape index (κ2) is 5.14. The maximum absolute atomic E-state index is 7.59. The van der Waals surface area contributed by atoms with E-state index in [-0.39, 0.29) is 5.84 Å². The predicted molar refractivity (Wildman–Crippen MR) is 78.2 cm³/mol. The van der Waals surface area contributed by atoms with Gasteiger partial charge in [0.05, 0.1) is 5.56 Å². The lowest BCUT2D eigenvalue weighted by Gasteiger charge is -2.12. The molecule has 0 spiro atoms. The molecule has 0 radical (unpaired) electrons. The van der Waals surface area contributed by atoms with E-state index in [9.17, 15) is 0 Å². The summed E-state index contributed by atoms with van der Waals surface area (Å²) in [5.41, 5.74) is 9.56. The van der Waals surface area contributed by atoms with E-state index < -0.39 is 0 Å². The Kier molecular flexibility index (Phi) is 3.56. The van der Waals surface area contributed by atoms with Gasteiger partial charge in [0.25, 0.3) is 0 Å². The van der Waals surface area contributed by atoms with Gasteiger partial charge in [-0.3, -0.25) is 5.41 Å². The van der Waals surface area contributed by atoms with Crippen LogP contribution in [0.25, 0.3) is 0 Å². The number of ether oxygens (including phenoxy) is 1. The van der Waals surface area contributed by atoms with Gasteiger partial charge in [-0.15, -0.1) is 0 Å². The molecule has 0 atom stereocenters. The van der Waals surface area contributed by atoms with Crippen LogP contribution in [-0.4, -0.2) is 5.84 Å². The molecule has 98 valence electrons. The topological polar surface area (TPSA) is 59.1 Å². The predicted octanol–water partition coefficient (Wildman–Crippen LogP) is 3.69. The summed E-state index contributed by atoms with van der Waals surface area (Å²) in [6.07, 6.45) is 0. The van der Waals surface area contributed by atoms with Crippen molar-refractivity contribution < 1.29 is 4.74 Å². The van der Waals surface area contributed by atoms with E-state index >= 15 is 0 Å². The van der Waals surface area contributed by atoms with Gasteiger partial charge in [-0.2, -0.15) is 0 Å². The molecule has 0 amide bonds. The lowest BCUT2D eigenvalue weighted by Crippen LogP contribution is -2.12. The zero-order valence-corrected chi connectivity index (χ0v) is 11.4. The second-order valence-electron chi connectivity index (χ2n) is 4.84. The molecule has 0 unspecified atom stereocenters. The van der Waals surface area contributed by atoms with Crippen molar-refractivity contribution in [3.63, 3.8) is 0 Å². The fourth-order valence-corrected chi connectivity index (χ4v) is 2.06. The summed E-state index contributed by atoms with van der Waals surface area (Å²) in [5.74, 6) is 1.41. The van der Waals surface area contributed by atoms with Gasteiger partial charge in [-0.1, -0.05) is 12.1 Å². The zero-order valence-electron chi connectivity index (χ0n) is 11.4. The van der Waals surface area contributed by atoms with E-state index in [1.807, 2.05) is 51.1 Å². The Morgan fingerprint density at radius 2 is 1.58 bits per heavy atom. The van der Waals surface area contributed by atoms with E-state index in [1.54, 1.807) is 0 Å². The normalized spacial score (nSPS) is 10.3. The van der Waals surface area contributed by atoms with E-state index in [2.05, 4.69) is 6.07 Å². The highest BCUT2D eigenvalue weighted by Crippen LogP contribution is 2.27. The van der Waals surface area contributed by atoms with Crippen LogP contribution in [0.1, 0.15) is 22.3 Å². The van der Waals surface area contributed by atoms with E-state index in [4.69, 9.17) is 15.9 Å². The fraction of sp³-hybridized carbons (Fsp3) is 0.188. The number of nitrogens with one attached hydrogen (secondary N) is 1. The van der Waals surface area contributed by atoms with E-state index in [0.717, 1.165) is 22.4 Å². The second-order valence-corrected chi connectivity index (χ2v) is 4.84. The van der Waals surface area contributed by atoms with Crippen LogP contribution in [0.4, 0.5) is 0 Å². The first-order chi connectivity index (χ1) is 8.95. The Morgan fingerprint density at radius 1 is 0.947 bits per heavy atom. The summed E-state index contributed by atoms with van der Waals surface area (Å²) in [7, 11) is 0. The first-order valence-electron chi connectivity index (χ1n) is 6.17. The van der Waals surface area contributed by atoms with Gasteiger partial charge in [-0.25, -0.2) is 0 Å². The van der Waals surface area contributed by atoms with Crippen LogP contribution in [0, 0.1) is 26.2 Å². The average Bonchev–Trinajstić information content (AvgIpc) is 2.26. The van der Waals surface area contributed by atoms with Crippen LogP contribution < -0.4 is 10.5 Å². The maximum atomic E-state index is 7.59. The minimum Gasteiger partial charge on any atom is -0.457 e. The third-order valence-corrected chi connectivity index (χ3v) is 2.85. The SMILES string of the molecule is Cc1cc(C)cc(Oc2cc(C)ccc2C(=N)N)c1. The Bertz CT molecular complexity index is 612. The summed E-state index contributed by atoms with van der Waals surface area (Å²) in [6, 6.07) is 11.7. The molecule has 0 aromatic heterocycles. The van der Waals surface area contributed by atoms with Crippen LogP contribution in [0.2, 0.25) is 0 Å². The number of nitrogens with two attached hydrogens (primary N) is 1. The van der Waals surface area contributed by atoms with Gasteiger partial charge in [0.1, 0.15) is 17.3 Å². The summed E-state index contributed by atoms with van der Waals surface area (Å²) in [6.45, 7) is 6.04. The molecular formula is C16H18N2O. The number of hydrogen-bond donors (Lipinski definition) is 2. The lowest BCUT2D eigenvalue weighted by molar-refractivity contribution is 0.480. The Hall–Kier alpha value is -2.29. The van der Waals surface area contributed by atoms with Crippen molar-refractivity contribution in [3.8, 4) is 11.5 Å². The smallest absolute Gasteiger partial charge is 0.138 e. The van der Waals surface area contributed by atoms with Crippen molar-refractivity contribution in [2.24, 2.45) is 5.73 Å². The average molecular weight is 254 g/mol. The number of aryl methyl sites for hydroxylation is 3. The van der Waals surface area contributed by atoms with Gasteiger partial charge in [0.2, 0.25) is 0 Å². The van der Waals surface area contributed by atoms with Crippen molar-refractivity contribution in [3.05, 3.63) is 58.7 Å². The lowest BCUT2D eigenvalue weighted by atomic mass is 10.1. The minimum absolute atomic E-state index is 0.0133. The van der Waals surface area contributed by atoms with Crippen LogP contribution in [0.3, 0.4) is 0 Å². The molecule has 2 aromatic carbocycles. The first-order valence-corrected chi connectivity index (χ1v) is 6.17. The monoisotopic (exact) mass is 254 g/mol. The quantitative estimate of drug-likeness (QED) is 0.648. The van der Waals surface area contributed by atoms with Gasteiger partial charge in [0, 0.05) is 0 Å². The summed E-state index contributed by atoms with van der Waals surface area (Å²) in [4.78, 5) is 0. The minimum atomic E-state index is 0.0133. The zero-order chi connectivity index (χ0) is 14.0. The molecule has 0 saturated carbocycles. The highest BCUT2D eigenvalue weighted by Gasteiger charge is 2.08. The number of amidine groups is 1. The molecule has 3 heteroatoms. The van der Waals surface area contributed by atoms with Crippen LogP contribution >= 0.6 is 0 Å². The largest absolute Gasteiger partial charge is 0.457 e. The summed E-state index contributed by atoms with van der Waals surface area (Å²) in [5, 5.41) is 7.59. The van der Waals surface area contributed by atoms with Crippen molar-refractivity contribution in [1.29, 1.82) is 5.41 Å². The van der Waals surface area contributed by atoms with Crippen molar-refractivity contribution in [2.45, 2.75) is 20.8 Å². The van der Waals surface area contributed by atoms with Crippen LogP contribution in [0.5, 0.6) is 11.5 Å². The standard InChI is InChI=1S/C16H18N2O/c1-10-4-5-14(16(17)18)15(9-10)19-13-7-11(2)6-12(3)8-13/h4-9H,1-3H3,(H3,17,18). The van der Waals surface area contributed by atoms with E-state index in [0.29, 0.717) is 11.3 Å². The molecule has 0 aliphatic heterocycles. The van der Waals surface area contributed by atoms with Gasteiger partial charge < -0.3 is 10.5 Å². The number of hydrogen-bond acceptors (Lipinski definition) is 2. The molecule has 0 fully saturated rings. The van der Waals surface area contributed by atoms with Crippen molar-refractivity contribution in [1.82, 2.24) is 0 Å². The van der Waals surface area contributed by atoms with Gasteiger partial charge >= 0.3 is 0 Å². The number of nitrogen functional groups attached to an aromatic ring is 1. The molecule has 0 bridgehead atoms. The molecule has 2 aromatic rings. The first kappa shape index (κ1) is 13.1. The molecule has 0 aliphatic rings. The van der Waals surface area contributed by atoms with Crippen LogP contribution in [-0.2, 0) is 0 Å². The molecular weight excluding hydrogens is 236 g/mol. The van der Waals surface area contributed by atoms with Gasteiger partial charge in [0.15, 0.2) is 0 Å². The summed E-state index contributed by atoms with van der Waals surface area (Å²) >= 11 is 0. The number of benzene rings is 2. The third kappa shape index (κ3) is 3.13. The highest BCUT2D eigenvalue weighted by atomic mass is 16.5. The summed E-state index contributed by atoms with van der Waals surface area (Å²) < 4.78 is 5.89. The Morgan fingerprint density at radius 3 is 2.16 bits per heavy atom. The third-order valence-electron chi connectivity index (χ3n) is 2.85. The van der Waals surface area contributed by atoms with E-state index in [1.165, 1.54) is 0 Å². The highest BCUT2D eigenvalue weighted by molar-refractivity contribution is 5.97. The molecule has 0 saturated heterocycles. The fourth-order valence-electron chi connectivity index (χ4n) is 2.06. The van der Waals surface area contributed by atoms with Crippen molar-refractivity contribution >= 4 is 5.84 Å². The van der Waals surface area contributed by atoms with Crippen LogP contribution in [0.15, 0.2) is 36.4 Å². The molecule has 3 nitrogen and oxygen atoms in total. The molecule has 0 heterocycles. The maximum Gasteiger partial charge on any atom is 0.138 e. The molecule has 3 N–H and O–H groups in total. The molecule has 19 heavy (non-hydrogen) atoms. The van der Waals surface area contributed by atoms with Gasteiger partial charge in [-0.05, 0) is 61.7 Å². The number of rotatable bonds is 3.